The van der Waals surface area contributed by atoms with Crippen molar-refractivity contribution in [2.24, 2.45) is 0 Å². The highest BCUT2D eigenvalue weighted by Crippen LogP contribution is 2.40. The highest BCUT2D eigenvalue weighted by molar-refractivity contribution is 7.90. The van der Waals surface area contributed by atoms with E-state index < -0.39 is 55.6 Å². The van der Waals surface area contributed by atoms with E-state index in [2.05, 4.69) is 0 Å². The van der Waals surface area contributed by atoms with Crippen molar-refractivity contribution in [3.05, 3.63) is 76.8 Å². The second-order valence-electron chi connectivity index (χ2n) is 6.93. The Morgan fingerprint density at radius 3 is 2.27 bits per heavy atom. The maximum absolute atomic E-state index is 13.2. The Balaban J connectivity index is 2.10. The van der Waals surface area contributed by atoms with Crippen LogP contribution in [-0.2, 0) is 26.6 Å². The zero-order valence-electron chi connectivity index (χ0n) is 16.6. The molecule has 0 aliphatic rings. The number of hydrogen-bond acceptors (Lipinski definition) is 5. The summed E-state index contributed by atoms with van der Waals surface area (Å²) in [4.78, 5) is 9.89. The minimum Gasteiger partial charge on any atom is -0.505 e. The first-order chi connectivity index (χ1) is 15.4. The molecule has 0 bridgehead atoms. The summed E-state index contributed by atoms with van der Waals surface area (Å²) in [7, 11) is -4.57. The van der Waals surface area contributed by atoms with Crippen molar-refractivity contribution in [1.82, 2.24) is 0 Å². The molecule has 0 atom stereocenters. The summed E-state index contributed by atoms with van der Waals surface area (Å²) >= 11 is 5.65. The molecule has 2 N–H and O–H groups in total. The minimum atomic E-state index is -4.90. The number of benzene rings is 3. The standard InChI is InChI=1S/C22H16ClF3O6S/c23-17-9-16(22(24,25)26)10-19(21(17)29)33(30,31)12-15-8-14(13-4-2-1-3-5-13)6-7-18(15)32-11-20(27)28/h1-10,29H,11-12H2,(H,27,28). The van der Waals surface area contributed by atoms with Crippen LogP contribution in [0.15, 0.2) is 65.6 Å². The monoisotopic (exact) mass is 500 g/mol. The van der Waals surface area contributed by atoms with E-state index in [0.29, 0.717) is 23.3 Å². The number of rotatable bonds is 7. The molecule has 0 fully saturated rings. The number of halogens is 4. The van der Waals surface area contributed by atoms with Gasteiger partial charge in [0.25, 0.3) is 0 Å². The van der Waals surface area contributed by atoms with Gasteiger partial charge in [-0.15, -0.1) is 0 Å². The summed E-state index contributed by atoms with van der Waals surface area (Å²) in [6, 6.07) is 13.9. The molecule has 0 heterocycles. The van der Waals surface area contributed by atoms with Crippen molar-refractivity contribution in [2.45, 2.75) is 16.8 Å². The minimum absolute atomic E-state index is 0.00876. The van der Waals surface area contributed by atoms with Crippen LogP contribution in [0.2, 0.25) is 5.02 Å². The predicted octanol–water partition coefficient (Wildman–Crippen LogP) is 5.17. The summed E-state index contributed by atoms with van der Waals surface area (Å²) in [6.45, 7) is -0.766. The summed E-state index contributed by atoms with van der Waals surface area (Å²) < 4.78 is 70.7. The topological polar surface area (TPSA) is 101 Å². The van der Waals surface area contributed by atoms with Crippen LogP contribution in [0.25, 0.3) is 11.1 Å². The van der Waals surface area contributed by atoms with Crippen molar-refractivity contribution < 1.29 is 41.3 Å². The lowest BCUT2D eigenvalue weighted by molar-refractivity contribution is -0.139. The molecule has 0 saturated carbocycles. The van der Waals surface area contributed by atoms with E-state index in [9.17, 15) is 31.5 Å². The highest BCUT2D eigenvalue weighted by Gasteiger charge is 2.34. The summed E-state index contributed by atoms with van der Waals surface area (Å²) in [5.74, 6) is -3.29. The number of sulfone groups is 1. The molecule has 6 nitrogen and oxygen atoms in total. The van der Waals surface area contributed by atoms with E-state index in [1.54, 1.807) is 36.4 Å². The Hall–Kier alpha value is -3.24. The first kappa shape index (κ1) is 24.4. The zero-order chi connectivity index (χ0) is 24.4. The molecule has 0 spiro atoms. The molecule has 0 amide bonds. The van der Waals surface area contributed by atoms with Crippen LogP contribution >= 0.6 is 11.6 Å². The SMILES string of the molecule is O=C(O)COc1ccc(-c2ccccc2)cc1CS(=O)(=O)c1cc(C(F)(F)F)cc(Cl)c1O. The fourth-order valence-corrected chi connectivity index (χ4v) is 4.82. The van der Waals surface area contributed by atoms with Crippen LogP contribution in [0.1, 0.15) is 11.1 Å². The number of phenolic OH excluding ortho intramolecular Hbond substituents is 1. The molecule has 0 radical (unpaired) electrons. The molecule has 0 aliphatic heterocycles. The smallest absolute Gasteiger partial charge is 0.416 e. The van der Waals surface area contributed by atoms with Gasteiger partial charge in [0.15, 0.2) is 22.2 Å². The Kier molecular flexibility index (Phi) is 6.89. The number of carbonyl (C=O) groups is 1. The Morgan fingerprint density at radius 1 is 1.00 bits per heavy atom. The van der Waals surface area contributed by atoms with E-state index in [4.69, 9.17) is 21.4 Å². The van der Waals surface area contributed by atoms with Crippen molar-refractivity contribution in [1.29, 1.82) is 0 Å². The van der Waals surface area contributed by atoms with Gasteiger partial charge < -0.3 is 14.9 Å². The van der Waals surface area contributed by atoms with Gasteiger partial charge >= 0.3 is 12.1 Å². The first-order valence-electron chi connectivity index (χ1n) is 9.24. The van der Waals surface area contributed by atoms with Gasteiger partial charge in [0.2, 0.25) is 0 Å². The average Bonchev–Trinajstić information content (AvgIpc) is 2.74. The predicted molar refractivity (Wildman–Crippen MR) is 114 cm³/mol. The molecule has 0 aliphatic carbocycles. The van der Waals surface area contributed by atoms with E-state index in [1.807, 2.05) is 0 Å². The lowest BCUT2D eigenvalue weighted by Crippen LogP contribution is -2.13. The Bertz CT molecular complexity index is 1290. The molecule has 0 unspecified atom stereocenters. The Morgan fingerprint density at radius 2 is 1.67 bits per heavy atom. The van der Waals surface area contributed by atoms with Gasteiger partial charge in [-0.25, -0.2) is 13.2 Å². The van der Waals surface area contributed by atoms with Crippen LogP contribution in [0.5, 0.6) is 11.5 Å². The van der Waals surface area contributed by atoms with Crippen molar-refractivity contribution in [2.75, 3.05) is 6.61 Å². The van der Waals surface area contributed by atoms with E-state index >= 15 is 0 Å². The number of aliphatic carboxylic acids is 1. The number of alkyl halides is 3. The van der Waals surface area contributed by atoms with Crippen molar-refractivity contribution in [3.63, 3.8) is 0 Å². The summed E-state index contributed by atoms with van der Waals surface area (Å²) in [5, 5.41) is 18.2. The molecule has 0 saturated heterocycles. The largest absolute Gasteiger partial charge is 0.505 e. The summed E-state index contributed by atoms with van der Waals surface area (Å²) in [5.41, 5.74) is -0.0736. The third-order valence-corrected chi connectivity index (χ3v) is 6.52. The van der Waals surface area contributed by atoms with Gasteiger partial charge in [-0.1, -0.05) is 48.0 Å². The van der Waals surface area contributed by atoms with Gasteiger partial charge in [0.05, 0.1) is 16.3 Å². The third kappa shape index (κ3) is 5.77. The van der Waals surface area contributed by atoms with Gasteiger partial charge in [-0.05, 0) is 35.4 Å². The normalized spacial score (nSPS) is 11.9. The molecule has 33 heavy (non-hydrogen) atoms. The number of carboxylic acid groups (broad SMARTS) is 1. The van der Waals surface area contributed by atoms with Gasteiger partial charge in [0.1, 0.15) is 10.6 Å². The van der Waals surface area contributed by atoms with Crippen molar-refractivity contribution >= 4 is 27.4 Å². The lowest BCUT2D eigenvalue weighted by atomic mass is 10.0. The van der Waals surface area contributed by atoms with Crippen LogP contribution < -0.4 is 4.74 Å². The second-order valence-corrected chi connectivity index (χ2v) is 9.30. The average molecular weight is 501 g/mol. The molecule has 3 aromatic rings. The van der Waals surface area contributed by atoms with Gasteiger partial charge in [-0.3, -0.25) is 0 Å². The van der Waals surface area contributed by atoms with Crippen LogP contribution in [0.3, 0.4) is 0 Å². The quantitative estimate of drug-likeness (QED) is 0.464. The molecular formula is C22H16ClF3O6S. The highest BCUT2D eigenvalue weighted by atomic mass is 35.5. The molecule has 3 rings (SSSR count). The fraction of sp³-hybridized carbons (Fsp3) is 0.136. The third-order valence-electron chi connectivity index (χ3n) is 4.56. The van der Waals surface area contributed by atoms with Gasteiger partial charge in [-0.2, -0.15) is 13.2 Å². The molecule has 11 heteroatoms. The molecular weight excluding hydrogens is 485 g/mol. The van der Waals surface area contributed by atoms with Gasteiger partial charge in [0, 0.05) is 5.56 Å². The molecule has 3 aromatic carbocycles. The number of phenols is 1. The number of ether oxygens (including phenoxy) is 1. The maximum atomic E-state index is 13.2. The van der Waals surface area contributed by atoms with E-state index in [0.717, 1.165) is 0 Å². The zero-order valence-corrected chi connectivity index (χ0v) is 18.2. The number of aromatic hydroxyl groups is 1. The van der Waals surface area contributed by atoms with Crippen LogP contribution in [0.4, 0.5) is 13.2 Å². The molecule has 174 valence electrons. The molecule has 0 aromatic heterocycles. The van der Waals surface area contributed by atoms with Crippen LogP contribution in [0, 0.1) is 0 Å². The maximum Gasteiger partial charge on any atom is 0.416 e. The van der Waals surface area contributed by atoms with E-state index in [-0.39, 0.29) is 11.3 Å². The Labute approximate surface area is 191 Å². The van der Waals surface area contributed by atoms with Crippen molar-refractivity contribution in [3.8, 4) is 22.6 Å². The number of hydrogen-bond donors (Lipinski definition) is 2. The summed E-state index contributed by atoms with van der Waals surface area (Å²) in [6.07, 6.45) is -4.90. The number of carboxylic acids is 1. The first-order valence-corrected chi connectivity index (χ1v) is 11.3. The lowest BCUT2D eigenvalue weighted by Gasteiger charge is -2.15. The fourth-order valence-electron chi connectivity index (χ4n) is 3.04. The van der Waals surface area contributed by atoms with Crippen LogP contribution in [-0.4, -0.2) is 31.2 Å². The van der Waals surface area contributed by atoms with E-state index in [1.165, 1.54) is 12.1 Å². The second kappa shape index (κ2) is 9.32.